The Morgan fingerprint density at radius 2 is 1.55 bits per heavy atom. The van der Waals surface area contributed by atoms with E-state index in [2.05, 4.69) is 10.6 Å². The molecule has 0 spiro atoms. The van der Waals surface area contributed by atoms with E-state index in [9.17, 15) is 9.59 Å². The predicted octanol–water partition coefficient (Wildman–Crippen LogP) is 5.42. The van der Waals surface area contributed by atoms with Crippen LogP contribution in [0.1, 0.15) is 42.0 Å². The number of anilines is 2. The molecule has 5 nitrogen and oxygen atoms in total. The van der Waals surface area contributed by atoms with Crippen LogP contribution in [0.5, 0.6) is 0 Å². The average molecular weight is 414 g/mol. The van der Waals surface area contributed by atoms with Crippen molar-refractivity contribution in [2.75, 3.05) is 16.8 Å². The topological polar surface area (TPSA) is 61.4 Å². The zero-order valence-corrected chi connectivity index (χ0v) is 17.7. The first-order chi connectivity index (χ1) is 15.1. The number of hydrogen-bond acceptors (Lipinski definition) is 2. The third-order valence-corrected chi connectivity index (χ3v) is 5.62. The number of amides is 3. The first-order valence-corrected chi connectivity index (χ1v) is 10.7. The number of carbonyl (C=O) groups excluding carboxylic acids is 2. The molecule has 1 aliphatic heterocycles. The second kappa shape index (κ2) is 9.47. The molecule has 3 aromatic rings. The smallest absolute Gasteiger partial charge is 0.319 e. The van der Waals surface area contributed by atoms with Crippen molar-refractivity contribution in [2.45, 2.75) is 32.2 Å². The molecular weight excluding hydrogens is 386 g/mol. The van der Waals surface area contributed by atoms with E-state index in [0.717, 1.165) is 41.8 Å². The molecule has 1 heterocycles. The Morgan fingerprint density at radius 3 is 2.16 bits per heavy atom. The number of nitrogens with one attached hydrogen (secondary N) is 2. The van der Waals surface area contributed by atoms with Crippen LogP contribution in [0.3, 0.4) is 0 Å². The van der Waals surface area contributed by atoms with Gasteiger partial charge in [-0.2, -0.15) is 0 Å². The third kappa shape index (κ3) is 4.94. The van der Waals surface area contributed by atoms with E-state index < -0.39 is 0 Å². The molecule has 0 bridgehead atoms. The fraction of sp³-hybridized carbons (Fsp3) is 0.231. The Balaban J connectivity index is 1.53. The molecular formula is C26H27N3O2. The Kier molecular flexibility index (Phi) is 6.32. The van der Waals surface area contributed by atoms with Gasteiger partial charge in [0.15, 0.2) is 0 Å². The van der Waals surface area contributed by atoms with Gasteiger partial charge in [-0.3, -0.25) is 4.79 Å². The molecule has 0 aliphatic carbocycles. The van der Waals surface area contributed by atoms with E-state index in [4.69, 9.17) is 0 Å². The fourth-order valence-corrected chi connectivity index (χ4v) is 3.99. The Hall–Kier alpha value is -3.60. The molecule has 1 aliphatic rings. The lowest BCUT2D eigenvalue weighted by molar-refractivity contribution is -0.119. The van der Waals surface area contributed by atoms with Gasteiger partial charge < -0.3 is 15.5 Å². The molecule has 31 heavy (non-hydrogen) atoms. The zero-order valence-electron chi connectivity index (χ0n) is 17.7. The lowest BCUT2D eigenvalue weighted by atomic mass is 9.99. The summed E-state index contributed by atoms with van der Waals surface area (Å²) in [5.41, 5.74) is 4.56. The normalized spacial score (nSPS) is 13.9. The van der Waals surface area contributed by atoms with Crippen LogP contribution in [0.2, 0.25) is 0 Å². The number of rotatable bonds is 5. The first-order valence-electron chi connectivity index (χ1n) is 10.7. The quantitative estimate of drug-likeness (QED) is 0.586. The molecule has 2 N–H and O–H groups in total. The monoisotopic (exact) mass is 413 g/mol. The highest BCUT2D eigenvalue weighted by Gasteiger charge is 2.22. The highest BCUT2D eigenvalue weighted by atomic mass is 16.2. The molecule has 0 radical (unpaired) electrons. The lowest BCUT2D eigenvalue weighted by Crippen LogP contribution is -2.36. The number of hydrogen-bond donors (Lipinski definition) is 2. The maximum atomic E-state index is 12.9. The Morgan fingerprint density at radius 1 is 0.903 bits per heavy atom. The molecule has 0 saturated carbocycles. The fourth-order valence-electron chi connectivity index (χ4n) is 3.99. The van der Waals surface area contributed by atoms with Gasteiger partial charge >= 0.3 is 6.03 Å². The van der Waals surface area contributed by atoms with Crippen molar-refractivity contribution in [1.29, 1.82) is 0 Å². The van der Waals surface area contributed by atoms with E-state index >= 15 is 0 Å². The summed E-state index contributed by atoms with van der Waals surface area (Å²) in [7, 11) is 0. The van der Waals surface area contributed by atoms with E-state index in [1.165, 1.54) is 0 Å². The van der Waals surface area contributed by atoms with Crippen LogP contribution in [0.15, 0.2) is 78.9 Å². The van der Waals surface area contributed by atoms with Gasteiger partial charge in [0, 0.05) is 24.3 Å². The zero-order chi connectivity index (χ0) is 21.6. The Bertz CT molecular complexity index is 1010. The van der Waals surface area contributed by atoms with Crippen LogP contribution < -0.4 is 15.5 Å². The van der Waals surface area contributed by atoms with Crippen molar-refractivity contribution >= 4 is 23.3 Å². The minimum absolute atomic E-state index is 0.143. The van der Waals surface area contributed by atoms with Crippen molar-refractivity contribution in [1.82, 2.24) is 5.32 Å². The number of benzene rings is 3. The summed E-state index contributed by atoms with van der Waals surface area (Å²) < 4.78 is 0. The summed E-state index contributed by atoms with van der Waals surface area (Å²) in [5, 5.41) is 6.04. The number of carbonyl (C=O) groups is 2. The number of piperidine rings is 1. The molecule has 4 rings (SSSR count). The third-order valence-electron chi connectivity index (χ3n) is 5.62. The van der Waals surface area contributed by atoms with Gasteiger partial charge in [0.25, 0.3) is 0 Å². The van der Waals surface area contributed by atoms with Crippen molar-refractivity contribution in [3.63, 3.8) is 0 Å². The summed E-state index contributed by atoms with van der Waals surface area (Å²) >= 11 is 0. The SMILES string of the molecule is Cc1ccc(NC(=O)NC(c2ccccc2)c2ccccc2)cc1N1CCCCC1=O. The van der Waals surface area contributed by atoms with E-state index in [1.54, 1.807) is 0 Å². The van der Waals surface area contributed by atoms with E-state index in [0.29, 0.717) is 12.1 Å². The van der Waals surface area contributed by atoms with Gasteiger partial charge in [0.05, 0.1) is 6.04 Å². The molecule has 0 unspecified atom stereocenters. The van der Waals surface area contributed by atoms with Crippen LogP contribution in [-0.4, -0.2) is 18.5 Å². The van der Waals surface area contributed by atoms with Gasteiger partial charge in [-0.15, -0.1) is 0 Å². The van der Waals surface area contributed by atoms with Crippen LogP contribution in [0, 0.1) is 6.92 Å². The number of nitrogens with zero attached hydrogens (tertiary/aromatic N) is 1. The molecule has 3 aromatic carbocycles. The average Bonchev–Trinajstić information content (AvgIpc) is 2.80. The molecule has 1 fully saturated rings. The summed E-state index contributed by atoms with van der Waals surface area (Å²) in [6.07, 6.45) is 2.52. The molecule has 0 atom stereocenters. The van der Waals surface area contributed by atoms with Gasteiger partial charge in [0.1, 0.15) is 0 Å². The summed E-state index contributed by atoms with van der Waals surface area (Å²) in [6, 6.07) is 24.9. The number of urea groups is 1. The Labute approximate surface area is 183 Å². The van der Waals surface area contributed by atoms with Crippen molar-refractivity contribution in [3.05, 3.63) is 95.6 Å². The molecule has 158 valence electrons. The van der Waals surface area contributed by atoms with Crippen LogP contribution in [0.25, 0.3) is 0 Å². The molecule has 1 saturated heterocycles. The van der Waals surface area contributed by atoms with Gasteiger partial charge in [0.2, 0.25) is 5.91 Å². The summed E-state index contributed by atoms with van der Waals surface area (Å²) in [4.78, 5) is 27.1. The second-order valence-corrected chi connectivity index (χ2v) is 7.86. The second-order valence-electron chi connectivity index (χ2n) is 7.86. The van der Waals surface area contributed by atoms with Gasteiger partial charge in [-0.05, 0) is 48.6 Å². The maximum absolute atomic E-state index is 12.9. The first kappa shape index (κ1) is 20.7. The molecule has 0 aromatic heterocycles. The van der Waals surface area contributed by atoms with E-state index in [1.807, 2.05) is 90.7 Å². The van der Waals surface area contributed by atoms with Gasteiger partial charge in [-0.25, -0.2) is 4.79 Å². The molecule has 3 amide bonds. The molecule has 5 heteroatoms. The summed E-state index contributed by atoms with van der Waals surface area (Å²) in [5.74, 6) is 0.143. The van der Waals surface area contributed by atoms with Crippen molar-refractivity contribution < 1.29 is 9.59 Å². The summed E-state index contributed by atoms with van der Waals surface area (Å²) in [6.45, 7) is 2.71. The predicted molar refractivity (Wildman–Crippen MR) is 124 cm³/mol. The highest BCUT2D eigenvalue weighted by molar-refractivity contribution is 5.96. The maximum Gasteiger partial charge on any atom is 0.319 e. The van der Waals surface area contributed by atoms with Crippen LogP contribution in [0.4, 0.5) is 16.2 Å². The van der Waals surface area contributed by atoms with Gasteiger partial charge in [-0.1, -0.05) is 66.7 Å². The van der Waals surface area contributed by atoms with Crippen molar-refractivity contribution in [3.8, 4) is 0 Å². The minimum Gasteiger partial charge on any atom is -0.327 e. The van der Waals surface area contributed by atoms with Crippen molar-refractivity contribution in [2.24, 2.45) is 0 Å². The van der Waals surface area contributed by atoms with Crippen LogP contribution >= 0.6 is 0 Å². The van der Waals surface area contributed by atoms with Crippen LogP contribution in [-0.2, 0) is 4.79 Å². The number of aryl methyl sites for hydroxylation is 1. The standard InChI is InChI=1S/C26H27N3O2/c1-19-15-16-22(18-23(19)29-17-9-8-14-24(29)30)27-26(31)28-25(20-10-4-2-5-11-20)21-12-6-3-7-13-21/h2-7,10-13,15-16,18,25H,8-9,14,17H2,1H3,(H2,27,28,31). The minimum atomic E-state index is -0.294. The van der Waals surface area contributed by atoms with E-state index in [-0.39, 0.29) is 18.0 Å². The highest BCUT2D eigenvalue weighted by Crippen LogP contribution is 2.28. The largest absolute Gasteiger partial charge is 0.327 e. The lowest BCUT2D eigenvalue weighted by Gasteiger charge is -2.28.